The number of aliphatic hydroxyl groups excluding tert-OH is 1. The van der Waals surface area contributed by atoms with Gasteiger partial charge < -0.3 is 19.9 Å². The molecule has 0 fully saturated rings. The van der Waals surface area contributed by atoms with Crippen LogP contribution in [-0.4, -0.2) is 43.7 Å². The molecule has 2 atom stereocenters. The summed E-state index contributed by atoms with van der Waals surface area (Å²) in [6.07, 6.45) is -6.04. The lowest BCUT2D eigenvalue weighted by Gasteiger charge is -2.18. The Morgan fingerprint density at radius 3 is 2.57 bits per heavy atom. The van der Waals surface area contributed by atoms with Gasteiger partial charge in [-0.2, -0.15) is 13.2 Å². The van der Waals surface area contributed by atoms with Crippen molar-refractivity contribution in [3.05, 3.63) is 24.3 Å². The van der Waals surface area contributed by atoms with Crippen LogP contribution in [0.3, 0.4) is 0 Å². The van der Waals surface area contributed by atoms with Crippen molar-refractivity contribution in [2.24, 2.45) is 0 Å². The molecule has 120 valence electrons. The predicted molar refractivity (Wildman–Crippen MR) is 72.6 cm³/mol. The minimum absolute atomic E-state index is 0.0150. The fraction of sp³-hybridized carbons (Fsp3) is 0.571. The second-order valence-electron chi connectivity index (χ2n) is 4.77. The number of hydrogen-bond acceptors (Lipinski definition) is 4. The number of halogens is 3. The molecule has 0 aromatic heterocycles. The standard InChI is InChI=1S/C14H20F3NO3/c1-10(7-14(15,16)17)18-8-11(19)9-21-13-5-3-4-12(6-13)20-2/h3-6,10-11,18-19H,7-9H2,1-2H3. The van der Waals surface area contributed by atoms with Crippen LogP contribution in [0.2, 0.25) is 0 Å². The average Bonchev–Trinajstić information content (AvgIpc) is 2.41. The summed E-state index contributed by atoms with van der Waals surface area (Å²) in [7, 11) is 1.53. The fourth-order valence-electron chi connectivity index (χ4n) is 1.70. The molecule has 0 aliphatic heterocycles. The highest BCUT2D eigenvalue weighted by Gasteiger charge is 2.29. The summed E-state index contributed by atoms with van der Waals surface area (Å²) in [5.41, 5.74) is 0. The van der Waals surface area contributed by atoms with Gasteiger partial charge in [0, 0.05) is 18.7 Å². The van der Waals surface area contributed by atoms with Crippen molar-refractivity contribution in [3.8, 4) is 11.5 Å². The smallest absolute Gasteiger partial charge is 0.390 e. The summed E-state index contributed by atoms with van der Waals surface area (Å²) in [5, 5.41) is 12.3. The summed E-state index contributed by atoms with van der Waals surface area (Å²) in [4.78, 5) is 0. The summed E-state index contributed by atoms with van der Waals surface area (Å²) in [5.74, 6) is 1.15. The molecule has 1 aromatic rings. The molecular formula is C14H20F3NO3. The maximum atomic E-state index is 12.1. The molecule has 0 saturated carbocycles. The molecule has 0 bridgehead atoms. The van der Waals surface area contributed by atoms with E-state index in [4.69, 9.17) is 9.47 Å². The van der Waals surface area contributed by atoms with E-state index in [-0.39, 0.29) is 13.2 Å². The lowest BCUT2D eigenvalue weighted by molar-refractivity contribution is -0.139. The van der Waals surface area contributed by atoms with Gasteiger partial charge in [0.05, 0.1) is 13.5 Å². The third-order valence-corrected chi connectivity index (χ3v) is 2.72. The molecule has 0 aliphatic carbocycles. The van der Waals surface area contributed by atoms with Crippen molar-refractivity contribution < 1.29 is 27.8 Å². The monoisotopic (exact) mass is 307 g/mol. The summed E-state index contributed by atoms with van der Waals surface area (Å²) in [6.45, 7) is 1.43. The zero-order valence-corrected chi connectivity index (χ0v) is 12.0. The van der Waals surface area contributed by atoms with E-state index in [1.54, 1.807) is 24.3 Å². The number of ether oxygens (including phenoxy) is 2. The number of methoxy groups -OCH3 is 1. The van der Waals surface area contributed by atoms with Gasteiger partial charge >= 0.3 is 6.18 Å². The third-order valence-electron chi connectivity index (χ3n) is 2.72. The zero-order valence-electron chi connectivity index (χ0n) is 12.0. The van der Waals surface area contributed by atoms with Crippen LogP contribution in [0.1, 0.15) is 13.3 Å². The maximum absolute atomic E-state index is 12.1. The highest BCUT2D eigenvalue weighted by Crippen LogP contribution is 2.21. The van der Waals surface area contributed by atoms with Crippen LogP contribution < -0.4 is 14.8 Å². The van der Waals surface area contributed by atoms with Crippen molar-refractivity contribution >= 4 is 0 Å². The van der Waals surface area contributed by atoms with Crippen LogP contribution in [0.15, 0.2) is 24.3 Å². The first-order chi connectivity index (χ1) is 9.80. The van der Waals surface area contributed by atoms with E-state index >= 15 is 0 Å². The van der Waals surface area contributed by atoms with E-state index < -0.39 is 24.7 Å². The molecule has 0 spiro atoms. The first-order valence-corrected chi connectivity index (χ1v) is 6.55. The van der Waals surface area contributed by atoms with Crippen LogP contribution in [0.5, 0.6) is 11.5 Å². The maximum Gasteiger partial charge on any atom is 0.390 e. The van der Waals surface area contributed by atoms with Gasteiger partial charge in [-0.15, -0.1) is 0 Å². The fourth-order valence-corrected chi connectivity index (χ4v) is 1.70. The minimum Gasteiger partial charge on any atom is -0.497 e. The topological polar surface area (TPSA) is 50.7 Å². The molecule has 2 N–H and O–H groups in total. The second kappa shape index (κ2) is 8.09. The Bertz CT molecular complexity index is 426. The van der Waals surface area contributed by atoms with Crippen LogP contribution in [0, 0.1) is 0 Å². The van der Waals surface area contributed by atoms with Crippen molar-refractivity contribution in [1.29, 1.82) is 0 Å². The molecule has 7 heteroatoms. The SMILES string of the molecule is COc1cccc(OCC(O)CNC(C)CC(F)(F)F)c1. The average molecular weight is 307 g/mol. The van der Waals surface area contributed by atoms with Crippen LogP contribution in [0.4, 0.5) is 13.2 Å². The van der Waals surface area contributed by atoms with Crippen LogP contribution in [-0.2, 0) is 0 Å². The Labute approximate surface area is 121 Å². The van der Waals surface area contributed by atoms with Gasteiger partial charge in [0.1, 0.15) is 24.2 Å². The van der Waals surface area contributed by atoms with E-state index in [2.05, 4.69) is 5.32 Å². The summed E-state index contributed by atoms with van der Waals surface area (Å²) < 4.78 is 46.8. The van der Waals surface area contributed by atoms with Gasteiger partial charge in [0.2, 0.25) is 0 Å². The van der Waals surface area contributed by atoms with Crippen molar-refractivity contribution in [2.75, 3.05) is 20.3 Å². The van der Waals surface area contributed by atoms with E-state index in [0.717, 1.165) is 0 Å². The molecule has 21 heavy (non-hydrogen) atoms. The van der Waals surface area contributed by atoms with E-state index in [1.807, 2.05) is 0 Å². The highest BCUT2D eigenvalue weighted by atomic mass is 19.4. The Morgan fingerprint density at radius 2 is 1.95 bits per heavy atom. The van der Waals surface area contributed by atoms with Gasteiger partial charge in [-0.25, -0.2) is 0 Å². The largest absolute Gasteiger partial charge is 0.497 e. The normalized spacial score (nSPS) is 14.6. The van der Waals surface area contributed by atoms with Gasteiger partial charge in [-0.05, 0) is 19.1 Å². The molecule has 0 heterocycles. The van der Waals surface area contributed by atoms with E-state index in [0.29, 0.717) is 11.5 Å². The first kappa shape index (κ1) is 17.6. The number of nitrogens with one attached hydrogen (secondary N) is 1. The number of benzene rings is 1. The van der Waals surface area contributed by atoms with Crippen molar-refractivity contribution in [3.63, 3.8) is 0 Å². The molecule has 4 nitrogen and oxygen atoms in total. The summed E-state index contributed by atoms with van der Waals surface area (Å²) >= 11 is 0. The van der Waals surface area contributed by atoms with Crippen molar-refractivity contribution in [1.82, 2.24) is 5.32 Å². The third kappa shape index (κ3) is 7.77. The number of aliphatic hydroxyl groups is 1. The lowest BCUT2D eigenvalue weighted by Crippen LogP contribution is -2.38. The molecule has 0 radical (unpaired) electrons. The van der Waals surface area contributed by atoms with Gasteiger partial charge in [-0.1, -0.05) is 6.07 Å². The first-order valence-electron chi connectivity index (χ1n) is 6.55. The quantitative estimate of drug-likeness (QED) is 0.774. The number of hydrogen-bond donors (Lipinski definition) is 2. The van der Waals surface area contributed by atoms with E-state index in [1.165, 1.54) is 14.0 Å². The van der Waals surface area contributed by atoms with Crippen LogP contribution >= 0.6 is 0 Å². The van der Waals surface area contributed by atoms with E-state index in [9.17, 15) is 18.3 Å². The Hall–Kier alpha value is -1.47. The second-order valence-corrected chi connectivity index (χ2v) is 4.77. The molecule has 2 unspecified atom stereocenters. The van der Waals surface area contributed by atoms with Crippen molar-refractivity contribution in [2.45, 2.75) is 31.7 Å². The Kier molecular flexibility index (Phi) is 6.77. The van der Waals surface area contributed by atoms with Gasteiger partial charge in [0.25, 0.3) is 0 Å². The molecule has 1 aromatic carbocycles. The lowest BCUT2D eigenvalue weighted by atomic mass is 10.2. The number of rotatable bonds is 8. The molecule has 0 saturated heterocycles. The highest BCUT2D eigenvalue weighted by molar-refractivity contribution is 5.32. The molecule has 1 rings (SSSR count). The van der Waals surface area contributed by atoms with Gasteiger partial charge in [-0.3, -0.25) is 0 Å². The predicted octanol–water partition coefficient (Wildman–Crippen LogP) is 2.37. The number of alkyl halides is 3. The Balaban J connectivity index is 2.29. The molecule has 0 amide bonds. The van der Waals surface area contributed by atoms with Crippen LogP contribution in [0.25, 0.3) is 0 Å². The minimum atomic E-state index is -4.21. The molecular weight excluding hydrogens is 287 g/mol. The van der Waals surface area contributed by atoms with Gasteiger partial charge in [0.15, 0.2) is 0 Å². The Morgan fingerprint density at radius 1 is 1.29 bits per heavy atom. The summed E-state index contributed by atoms with van der Waals surface area (Å²) in [6, 6.07) is 6.10. The zero-order chi connectivity index (χ0) is 15.9. The molecule has 0 aliphatic rings.